The highest BCUT2D eigenvalue weighted by Crippen LogP contribution is 2.36. The second kappa shape index (κ2) is 8.15. The molecule has 0 aliphatic carbocycles. The summed E-state index contributed by atoms with van der Waals surface area (Å²) in [5, 5.41) is 1.67. The fourth-order valence-corrected chi connectivity index (χ4v) is 3.23. The summed E-state index contributed by atoms with van der Waals surface area (Å²) in [6.07, 6.45) is -4.69. The van der Waals surface area contributed by atoms with E-state index in [-0.39, 0.29) is 10.6 Å². The lowest BCUT2D eigenvalue weighted by Crippen LogP contribution is -2.32. The molecule has 0 fully saturated rings. The smallest absolute Gasteiger partial charge is 0.417 e. The van der Waals surface area contributed by atoms with Gasteiger partial charge in [-0.3, -0.25) is 4.79 Å². The first-order chi connectivity index (χ1) is 12.5. The van der Waals surface area contributed by atoms with Crippen molar-refractivity contribution in [1.29, 1.82) is 0 Å². The zero-order valence-corrected chi connectivity index (χ0v) is 15.4. The molecular formula is C16H14ClF3N2O4S. The first-order valence-electron chi connectivity index (χ1n) is 7.33. The molecule has 0 heterocycles. The number of nitrogens with one attached hydrogen (secondary N) is 2. The first-order valence-corrected chi connectivity index (χ1v) is 9.19. The van der Waals surface area contributed by atoms with Crippen LogP contribution in [-0.4, -0.2) is 28.0 Å². The molecule has 27 heavy (non-hydrogen) atoms. The van der Waals surface area contributed by atoms with Gasteiger partial charge in [-0.25, -0.2) is 13.1 Å². The summed E-state index contributed by atoms with van der Waals surface area (Å²) >= 11 is 5.49. The Labute approximate surface area is 158 Å². The lowest BCUT2D eigenvalue weighted by Gasteiger charge is -2.12. The van der Waals surface area contributed by atoms with Crippen molar-refractivity contribution in [3.8, 4) is 5.75 Å². The van der Waals surface area contributed by atoms with Gasteiger partial charge >= 0.3 is 6.18 Å². The van der Waals surface area contributed by atoms with E-state index in [0.717, 1.165) is 6.07 Å². The number of hydrogen-bond acceptors (Lipinski definition) is 4. The molecule has 2 aromatic carbocycles. The summed E-state index contributed by atoms with van der Waals surface area (Å²) in [6, 6.07) is 8.26. The summed E-state index contributed by atoms with van der Waals surface area (Å²) < 4.78 is 69.7. The largest absolute Gasteiger partial charge is 0.497 e. The Morgan fingerprint density at radius 2 is 1.78 bits per heavy atom. The Morgan fingerprint density at radius 3 is 2.33 bits per heavy atom. The van der Waals surface area contributed by atoms with E-state index in [2.05, 4.69) is 10.0 Å². The van der Waals surface area contributed by atoms with E-state index in [4.69, 9.17) is 16.3 Å². The molecule has 2 rings (SSSR count). The van der Waals surface area contributed by atoms with Crippen molar-refractivity contribution in [3.05, 3.63) is 53.1 Å². The van der Waals surface area contributed by atoms with Crippen molar-refractivity contribution < 1.29 is 31.1 Å². The third-order valence-corrected chi connectivity index (χ3v) is 5.09. The number of anilines is 1. The van der Waals surface area contributed by atoms with Gasteiger partial charge in [-0.05, 0) is 42.5 Å². The molecule has 11 heteroatoms. The van der Waals surface area contributed by atoms with Gasteiger partial charge in [0.25, 0.3) is 0 Å². The minimum absolute atomic E-state index is 0.0954. The van der Waals surface area contributed by atoms with Gasteiger partial charge in [0.2, 0.25) is 15.9 Å². The average Bonchev–Trinajstić information content (AvgIpc) is 2.61. The molecule has 0 saturated heterocycles. The number of alkyl halides is 3. The van der Waals surface area contributed by atoms with Gasteiger partial charge in [-0.15, -0.1) is 0 Å². The number of amides is 1. The SMILES string of the molecule is COc1ccc(S(=O)(=O)NCC(=O)Nc2ccc(Cl)c(C(F)(F)F)c2)cc1. The lowest BCUT2D eigenvalue weighted by atomic mass is 10.2. The third-order valence-electron chi connectivity index (χ3n) is 3.35. The van der Waals surface area contributed by atoms with Crippen LogP contribution < -0.4 is 14.8 Å². The third kappa shape index (κ3) is 5.59. The van der Waals surface area contributed by atoms with Gasteiger partial charge in [-0.1, -0.05) is 11.6 Å². The number of sulfonamides is 1. The maximum absolute atomic E-state index is 12.8. The van der Waals surface area contributed by atoms with E-state index in [1.165, 1.54) is 37.4 Å². The van der Waals surface area contributed by atoms with Gasteiger partial charge < -0.3 is 10.1 Å². The number of methoxy groups -OCH3 is 1. The molecule has 2 aromatic rings. The number of halogens is 4. The summed E-state index contributed by atoms with van der Waals surface area (Å²) in [4.78, 5) is 11.8. The summed E-state index contributed by atoms with van der Waals surface area (Å²) in [7, 11) is -2.55. The molecule has 0 spiro atoms. The average molecular weight is 423 g/mol. The number of rotatable bonds is 6. The Kier molecular flexibility index (Phi) is 6.34. The van der Waals surface area contributed by atoms with Crippen LogP contribution in [0.4, 0.5) is 18.9 Å². The van der Waals surface area contributed by atoms with Gasteiger partial charge in [-0.2, -0.15) is 13.2 Å². The summed E-state index contributed by atoms with van der Waals surface area (Å²) in [5.74, 6) is -0.391. The van der Waals surface area contributed by atoms with E-state index in [9.17, 15) is 26.4 Å². The topological polar surface area (TPSA) is 84.5 Å². The number of hydrogen-bond donors (Lipinski definition) is 2. The highest BCUT2D eigenvalue weighted by atomic mass is 35.5. The molecule has 2 N–H and O–H groups in total. The van der Waals surface area contributed by atoms with E-state index < -0.39 is 39.2 Å². The van der Waals surface area contributed by atoms with Crippen molar-refractivity contribution >= 4 is 33.2 Å². The van der Waals surface area contributed by atoms with E-state index in [1.54, 1.807) is 0 Å². The number of benzene rings is 2. The van der Waals surface area contributed by atoms with Crippen molar-refractivity contribution in [2.75, 3.05) is 19.0 Å². The Bertz CT molecular complexity index is 932. The minimum Gasteiger partial charge on any atom is -0.497 e. The molecule has 0 saturated carbocycles. The van der Waals surface area contributed by atoms with Crippen LogP contribution in [0.25, 0.3) is 0 Å². The normalized spacial score (nSPS) is 11.9. The minimum atomic E-state index is -4.69. The molecule has 0 aromatic heterocycles. The van der Waals surface area contributed by atoms with Crippen molar-refractivity contribution in [2.45, 2.75) is 11.1 Å². The summed E-state index contributed by atoms with van der Waals surface area (Å²) in [5.41, 5.74) is -1.28. The van der Waals surface area contributed by atoms with Gasteiger partial charge in [0.05, 0.1) is 29.1 Å². The number of carbonyl (C=O) groups is 1. The second-order valence-electron chi connectivity index (χ2n) is 5.24. The van der Waals surface area contributed by atoms with E-state index in [0.29, 0.717) is 11.8 Å². The summed E-state index contributed by atoms with van der Waals surface area (Å²) in [6.45, 7) is -0.668. The fraction of sp³-hybridized carbons (Fsp3) is 0.188. The van der Waals surface area contributed by atoms with E-state index >= 15 is 0 Å². The van der Waals surface area contributed by atoms with Crippen LogP contribution in [-0.2, 0) is 21.0 Å². The molecule has 0 bridgehead atoms. The second-order valence-corrected chi connectivity index (χ2v) is 7.41. The molecule has 0 aliphatic rings. The van der Waals surface area contributed by atoms with Crippen LogP contribution >= 0.6 is 11.6 Å². The van der Waals surface area contributed by atoms with Crippen LogP contribution in [0.15, 0.2) is 47.4 Å². The molecule has 0 aliphatic heterocycles. The standard InChI is InChI=1S/C16H14ClF3N2O4S/c1-26-11-3-5-12(6-4-11)27(24,25)21-9-15(23)22-10-2-7-14(17)13(8-10)16(18,19)20/h2-8,21H,9H2,1H3,(H,22,23). The van der Waals surface area contributed by atoms with Crippen LogP contribution in [0, 0.1) is 0 Å². The molecule has 0 radical (unpaired) electrons. The maximum atomic E-state index is 12.8. The van der Waals surface area contributed by atoms with Gasteiger partial charge in [0, 0.05) is 5.69 Å². The molecule has 146 valence electrons. The molecule has 0 unspecified atom stereocenters. The lowest BCUT2D eigenvalue weighted by molar-refractivity contribution is -0.137. The van der Waals surface area contributed by atoms with Crippen molar-refractivity contribution in [1.82, 2.24) is 4.72 Å². The van der Waals surface area contributed by atoms with Crippen LogP contribution in [0.5, 0.6) is 5.75 Å². The zero-order chi connectivity index (χ0) is 20.2. The molecular weight excluding hydrogens is 409 g/mol. The monoisotopic (exact) mass is 422 g/mol. The van der Waals surface area contributed by atoms with Gasteiger partial charge in [0.15, 0.2) is 0 Å². The van der Waals surface area contributed by atoms with Gasteiger partial charge in [0.1, 0.15) is 5.75 Å². The zero-order valence-electron chi connectivity index (χ0n) is 13.8. The highest BCUT2D eigenvalue weighted by molar-refractivity contribution is 7.89. The highest BCUT2D eigenvalue weighted by Gasteiger charge is 2.33. The van der Waals surface area contributed by atoms with Crippen LogP contribution in [0.2, 0.25) is 5.02 Å². The molecule has 0 atom stereocenters. The predicted octanol–water partition coefficient (Wildman–Crippen LogP) is 3.28. The first kappa shape index (κ1) is 21.0. The van der Waals surface area contributed by atoms with Crippen molar-refractivity contribution in [3.63, 3.8) is 0 Å². The van der Waals surface area contributed by atoms with Crippen LogP contribution in [0.3, 0.4) is 0 Å². The molecule has 1 amide bonds. The van der Waals surface area contributed by atoms with Crippen molar-refractivity contribution in [2.24, 2.45) is 0 Å². The fourth-order valence-electron chi connectivity index (χ4n) is 2.02. The van der Waals surface area contributed by atoms with Crippen LogP contribution in [0.1, 0.15) is 5.56 Å². The number of ether oxygens (including phenoxy) is 1. The molecule has 6 nitrogen and oxygen atoms in total. The quantitative estimate of drug-likeness (QED) is 0.748. The van der Waals surface area contributed by atoms with E-state index in [1.807, 2.05) is 0 Å². The maximum Gasteiger partial charge on any atom is 0.417 e. The Hall–Kier alpha value is -2.30. The predicted molar refractivity (Wildman–Crippen MR) is 93.3 cm³/mol. The number of carbonyl (C=O) groups excluding carboxylic acids is 1. The Balaban J connectivity index is 2.03. The Morgan fingerprint density at radius 1 is 1.15 bits per heavy atom.